The normalized spacial score (nSPS) is 29.7. The molecule has 144 valence electrons. The van der Waals surface area contributed by atoms with Crippen molar-refractivity contribution in [3.8, 4) is 0 Å². The van der Waals surface area contributed by atoms with Crippen molar-refractivity contribution in [3.05, 3.63) is 54.6 Å². The zero-order chi connectivity index (χ0) is 19.1. The summed E-state index contributed by atoms with van der Waals surface area (Å²) < 4.78 is 19.8. The number of aromatic nitrogens is 4. The minimum atomic E-state index is -0.545. The molecule has 2 saturated heterocycles. The predicted molar refractivity (Wildman–Crippen MR) is 99.7 cm³/mol. The molecule has 3 N–H and O–H groups in total. The van der Waals surface area contributed by atoms with Crippen LogP contribution in [0.25, 0.3) is 17.2 Å². The second kappa shape index (κ2) is 6.95. The standard InChI is InChI=1S/C19H19N5O4/c20-17-14-18(22-9-21-17)24(10-23-14)19-16-15(12(8-25)26-19)27-13(28-16)7-6-11-4-2-1-3-5-11/h1-7,9-10,12-13,15-16,19,25H,8H2,(H2,20,21,22)/b7-6+/t12-,13+,15?,16+,19-/m1/s1. The van der Waals surface area contributed by atoms with Crippen LogP contribution in [0.3, 0.4) is 0 Å². The molecule has 9 nitrogen and oxygen atoms in total. The SMILES string of the molecule is Nc1ncnc2c1ncn2[C@@H]1O[C@H](CO)C2O[C@H](/C=C/c3ccccc3)O[C@@H]21. The van der Waals surface area contributed by atoms with Gasteiger partial charge >= 0.3 is 0 Å². The van der Waals surface area contributed by atoms with Gasteiger partial charge in [-0.05, 0) is 11.6 Å². The number of ether oxygens (including phenoxy) is 3. The fourth-order valence-electron chi connectivity index (χ4n) is 3.63. The van der Waals surface area contributed by atoms with Crippen LogP contribution >= 0.6 is 0 Å². The van der Waals surface area contributed by atoms with Gasteiger partial charge < -0.3 is 25.1 Å². The van der Waals surface area contributed by atoms with E-state index in [1.54, 1.807) is 10.9 Å². The summed E-state index contributed by atoms with van der Waals surface area (Å²) >= 11 is 0. The van der Waals surface area contributed by atoms with E-state index in [2.05, 4.69) is 15.0 Å². The molecule has 2 fully saturated rings. The molecule has 4 heterocycles. The van der Waals surface area contributed by atoms with Crippen molar-refractivity contribution < 1.29 is 19.3 Å². The van der Waals surface area contributed by atoms with Gasteiger partial charge in [0.2, 0.25) is 0 Å². The van der Waals surface area contributed by atoms with Gasteiger partial charge in [0.25, 0.3) is 0 Å². The first-order valence-corrected chi connectivity index (χ1v) is 8.98. The van der Waals surface area contributed by atoms with Crippen molar-refractivity contribution in [2.24, 2.45) is 0 Å². The summed E-state index contributed by atoms with van der Waals surface area (Å²) in [6.45, 7) is -0.181. The van der Waals surface area contributed by atoms with E-state index < -0.39 is 30.8 Å². The number of aliphatic hydroxyl groups excluding tert-OH is 1. The molecule has 0 radical (unpaired) electrons. The second-order valence-corrected chi connectivity index (χ2v) is 6.67. The molecule has 1 aromatic carbocycles. The Morgan fingerprint density at radius 2 is 1.89 bits per heavy atom. The van der Waals surface area contributed by atoms with Gasteiger partial charge in [0.05, 0.1) is 12.9 Å². The highest BCUT2D eigenvalue weighted by Crippen LogP contribution is 2.40. The number of nitrogen functional groups attached to an aromatic ring is 1. The van der Waals surface area contributed by atoms with Gasteiger partial charge in [0.1, 0.15) is 30.2 Å². The lowest BCUT2D eigenvalue weighted by molar-refractivity contribution is -0.133. The number of hydrogen-bond donors (Lipinski definition) is 2. The van der Waals surface area contributed by atoms with Crippen LogP contribution in [0, 0.1) is 0 Å². The molecule has 0 spiro atoms. The minimum Gasteiger partial charge on any atom is -0.394 e. The second-order valence-electron chi connectivity index (χ2n) is 6.67. The molecule has 0 saturated carbocycles. The number of imidazole rings is 1. The number of aliphatic hydroxyl groups is 1. The third-order valence-electron chi connectivity index (χ3n) is 4.95. The van der Waals surface area contributed by atoms with Crippen LogP contribution in [0.15, 0.2) is 49.1 Å². The van der Waals surface area contributed by atoms with E-state index in [0.717, 1.165) is 5.56 Å². The van der Waals surface area contributed by atoms with Crippen molar-refractivity contribution in [3.63, 3.8) is 0 Å². The monoisotopic (exact) mass is 381 g/mol. The molecular formula is C19H19N5O4. The molecular weight excluding hydrogens is 362 g/mol. The first-order chi connectivity index (χ1) is 13.7. The number of fused-ring (bicyclic) bond motifs is 2. The maximum absolute atomic E-state index is 9.73. The molecule has 2 aliphatic rings. The topological polar surface area (TPSA) is 118 Å². The number of rotatable bonds is 4. The highest BCUT2D eigenvalue weighted by molar-refractivity contribution is 5.81. The first-order valence-electron chi connectivity index (χ1n) is 8.98. The Hall–Kier alpha value is -2.85. The maximum Gasteiger partial charge on any atom is 0.178 e. The Morgan fingerprint density at radius 3 is 2.71 bits per heavy atom. The molecule has 0 amide bonds. The van der Waals surface area contributed by atoms with Crippen LogP contribution in [0.4, 0.5) is 5.82 Å². The van der Waals surface area contributed by atoms with Crippen LogP contribution in [0.2, 0.25) is 0 Å². The third kappa shape index (κ3) is 2.85. The quantitative estimate of drug-likeness (QED) is 0.690. The van der Waals surface area contributed by atoms with Gasteiger partial charge in [-0.2, -0.15) is 0 Å². The van der Waals surface area contributed by atoms with Gasteiger partial charge in [-0.1, -0.05) is 36.4 Å². The summed E-state index contributed by atoms with van der Waals surface area (Å²) in [5.74, 6) is 0.296. The Balaban J connectivity index is 1.42. The number of anilines is 1. The van der Waals surface area contributed by atoms with Crippen LogP contribution < -0.4 is 5.73 Å². The minimum absolute atomic E-state index is 0.181. The summed E-state index contributed by atoms with van der Waals surface area (Å²) in [5.41, 5.74) is 7.96. The first kappa shape index (κ1) is 17.3. The van der Waals surface area contributed by atoms with Crippen LogP contribution in [-0.4, -0.2) is 55.8 Å². The van der Waals surface area contributed by atoms with Gasteiger partial charge in [-0.15, -0.1) is 0 Å². The van der Waals surface area contributed by atoms with E-state index >= 15 is 0 Å². The van der Waals surface area contributed by atoms with E-state index in [9.17, 15) is 5.11 Å². The average Bonchev–Trinajstić information content (AvgIpc) is 3.41. The predicted octanol–water partition coefficient (Wildman–Crippen LogP) is 1.12. The number of nitrogens with zero attached hydrogens (tertiary/aromatic N) is 4. The van der Waals surface area contributed by atoms with E-state index in [-0.39, 0.29) is 6.61 Å². The number of benzene rings is 1. The van der Waals surface area contributed by atoms with E-state index in [1.165, 1.54) is 6.33 Å². The van der Waals surface area contributed by atoms with Crippen LogP contribution in [-0.2, 0) is 14.2 Å². The lowest BCUT2D eigenvalue weighted by atomic mass is 10.1. The van der Waals surface area contributed by atoms with Crippen LogP contribution in [0.5, 0.6) is 0 Å². The molecule has 1 unspecified atom stereocenters. The van der Waals surface area contributed by atoms with E-state index in [4.69, 9.17) is 19.9 Å². The largest absolute Gasteiger partial charge is 0.394 e. The Labute approximate surface area is 160 Å². The van der Waals surface area contributed by atoms with Crippen molar-refractivity contribution in [1.82, 2.24) is 19.5 Å². The average molecular weight is 381 g/mol. The summed E-state index contributed by atoms with van der Waals surface area (Å²) in [6.07, 6.45) is 4.34. The summed E-state index contributed by atoms with van der Waals surface area (Å²) in [6, 6.07) is 9.89. The third-order valence-corrected chi connectivity index (χ3v) is 4.95. The molecule has 5 rings (SSSR count). The smallest absolute Gasteiger partial charge is 0.178 e. The van der Waals surface area contributed by atoms with Gasteiger partial charge in [-0.3, -0.25) is 4.57 Å². The summed E-state index contributed by atoms with van der Waals surface area (Å²) in [4.78, 5) is 12.5. The number of hydrogen-bond acceptors (Lipinski definition) is 8. The van der Waals surface area contributed by atoms with Gasteiger partial charge in [0, 0.05) is 0 Å². The molecule has 0 aliphatic carbocycles. The highest BCUT2D eigenvalue weighted by atomic mass is 16.8. The lowest BCUT2D eigenvalue weighted by Crippen LogP contribution is -2.30. The molecule has 2 aliphatic heterocycles. The molecule has 0 bridgehead atoms. The van der Waals surface area contributed by atoms with Crippen LogP contribution in [0.1, 0.15) is 11.8 Å². The summed E-state index contributed by atoms with van der Waals surface area (Å²) in [7, 11) is 0. The van der Waals surface area contributed by atoms with Crippen molar-refractivity contribution in [1.29, 1.82) is 0 Å². The zero-order valence-electron chi connectivity index (χ0n) is 14.8. The highest BCUT2D eigenvalue weighted by Gasteiger charge is 2.53. The molecule has 3 aromatic rings. The van der Waals surface area contributed by atoms with Gasteiger partial charge in [0.15, 0.2) is 24.0 Å². The lowest BCUT2D eigenvalue weighted by Gasteiger charge is -2.19. The van der Waals surface area contributed by atoms with Crippen molar-refractivity contribution >= 4 is 23.1 Å². The Bertz CT molecular complexity index is 1010. The zero-order valence-corrected chi connectivity index (χ0v) is 14.8. The molecule has 9 heteroatoms. The fourth-order valence-corrected chi connectivity index (χ4v) is 3.63. The van der Waals surface area contributed by atoms with Crippen molar-refractivity contribution in [2.75, 3.05) is 12.3 Å². The van der Waals surface area contributed by atoms with Crippen molar-refractivity contribution in [2.45, 2.75) is 30.8 Å². The Kier molecular flexibility index (Phi) is 4.29. The molecule has 28 heavy (non-hydrogen) atoms. The van der Waals surface area contributed by atoms with E-state index in [0.29, 0.717) is 17.0 Å². The molecule has 5 atom stereocenters. The summed E-state index contributed by atoms with van der Waals surface area (Å²) in [5, 5.41) is 9.73. The van der Waals surface area contributed by atoms with Gasteiger partial charge in [-0.25, -0.2) is 15.0 Å². The molecule has 2 aromatic heterocycles. The number of nitrogens with two attached hydrogens (primary N) is 1. The maximum atomic E-state index is 9.73. The fraction of sp³-hybridized carbons (Fsp3) is 0.316. The Morgan fingerprint density at radius 1 is 1.07 bits per heavy atom. The van der Waals surface area contributed by atoms with E-state index in [1.807, 2.05) is 42.5 Å².